The van der Waals surface area contributed by atoms with Crippen LogP contribution in [0.1, 0.15) is 35.1 Å². The van der Waals surface area contributed by atoms with Gasteiger partial charge in [0.2, 0.25) is 0 Å². The minimum atomic E-state index is -1.06. The third kappa shape index (κ3) is 2.61. The van der Waals surface area contributed by atoms with Gasteiger partial charge in [0.1, 0.15) is 0 Å². The Labute approximate surface area is 115 Å². The maximum Gasteiger partial charge on any atom is 0.358 e. The van der Waals surface area contributed by atoms with Crippen LogP contribution in [0, 0.1) is 6.92 Å². The van der Waals surface area contributed by atoms with Gasteiger partial charge in [-0.3, -0.25) is 0 Å². The number of halogens is 1. The topological polar surface area (TPSA) is 68.0 Å². The van der Waals surface area contributed by atoms with E-state index in [9.17, 15) is 4.79 Å². The number of rotatable bonds is 4. The van der Waals surface area contributed by atoms with Crippen LogP contribution in [0.4, 0.5) is 0 Å². The second-order valence-electron chi connectivity index (χ2n) is 4.29. The van der Waals surface area contributed by atoms with Crippen LogP contribution in [-0.2, 0) is 6.42 Å². The van der Waals surface area contributed by atoms with Gasteiger partial charge in [-0.1, -0.05) is 36.2 Å². The highest BCUT2D eigenvalue weighted by molar-refractivity contribution is 6.31. The zero-order valence-electron chi connectivity index (χ0n) is 10.7. The molecule has 0 unspecified atom stereocenters. The van der Waals surface area contributed by atoms with Gasteiger partial charge in [-0.15, -0.1) is 5.10 Å². The van der Waals surface area contributed by atoms with Gasteiger partial charge >= 0.3 is 5.97 Å². The van der Waals surface area contributed by atoms with Gasteiger partial charge in [0.15, 0.2) is 5.69 Å². The van der Waals surface area contributed by atoms with Crippen molar-refractivity contribution in [2.45, 2.75) is 26.7 Å². The Morgan fingerprint density at radius 2 is 2.21 bits per heavy atom. The van der Waals surface area contributed by atoms with Crippen molar-refractivity contribution in [3.8, 4) is 5.69 Å². The summed E-state index contributed by atoms with van der Waals surface area (Å²) in [7, 11) is 0. The molecule has 0 aliphatic heterocycles. The molecule has 0 saturated carbocycles. The summed E-state index contributed by atoms with van der Waals surface area (Å²) in [4.78, 5) is 11.1. The third-order valence-electron chi connectivity index (χ3n) is 2.85. The molecule has 2 rings (SSSR count). The summed E-state index contributed by atoms with van der Waals surface area (Å²) in [6.07, 6.45) is 1.41. The van der Waals surface area contributed by atoms with Crippen molar-refractivity contribution in [3.05, 3.63) is 40.2 Å². The summed E-state index contributed by atoms with van der Waals surface area (Å²) in [5.74, 6) is -1.06. The molecule has 1 aromatic heterocycles. The molecule has 0 bridgehead atoms. The van der Waals surface area contributed by atoms with E-state index in [2.05, 4.69) is 10.3 Å². The van der Waals surface area contributed by atoms with E-state index in [0.29, 0.717) is 17.1 Å². The van der Waals surface area contributed by atoms with Gasteiger partial charge < -0.3 is 5.11 Å². The Balaban J connectivity index is 2.55. The maximum atomic E-state index is 11.1. The van der Waals surface area contributed by atoms with Crippen LogP contribution >= 0.6 is 11.6 Å². The Morgan fingerprint density at radius 1 is 1.47 bits per heavy atom. The van der Waals surface area contributed by atoms with Crippen molar-refractivity contribution in [1.82, 2.24) is 15.0 Å². The van der Waals surface area contributed by atoms with E-state index < -0.39 is 5.97 Å². The molecule has 100 valence electrons. The Morgan fingerprint density at radius 3 is 2.79 bits per heavy atom. The molecule has 1 heterocycles. The van der Waals surface area contributed by atoms with Crippen molar-refractivity contribution >= 4 is 17.6 Å². The Hall–Kier alpha value is -1.88. The number of nitrogens with zero attached hydrogens (tertiary/aromatic N) is 3. The van der Waals surface area contributed by atoms with Gasteiger partial charge in [-0.2, -0.15) is 0 Å². The number of hydrogen-bond acceptors (Lipinski definition) is 3. The Bertz CT molecular complexity index is 622. The van der Waals surface area contributed by atoms with Crippen molar-refractivity contribution in [3.63, 3.8) is 0 Å². The first-order valence-electron chi connectivity index (χ1n) is 5.99. The van der Waals surface area contributed by atoms with Gasteiger partial charge in [-0.25, -0.2) is 9.48 Å². The molecule has 19 heavy (non-hydrogen) atoms. The molecule has 1 N–H and O–H groups in total. The van der Waals surface area contributed by atoms with E-state index in [0.717, 1.165) is 17.7 Å². The van der Waals surface area contributed by atoms with Gasteiger partial charge in [0.25, 0.3) is 0 Å². The van der Waals surface area contributed by atoms with Crippen LogP contribution in [0.5, 0.6) is 0 Å². The Kier molecular flexibility index (Phi) is 3.85. The molecule has 0 atom stereocenters. The predicted octanol–water partition coefficient (Wildman–Crippen LogP) is 2.88. The van der Waals surface area contributed by atoms with Crippen LogP contribution in [0.15, 0.2) is 18.2 Å². The van der Waals surface area contributed by atoms with Crippen LogP contribution in [0.25, 0.3) is 5.69 Å². The van der Waals surface area contributed by atoms with E-state index >= 15 is 0 Å². The lowest BCUT2D eigenvalue weighted by molar-refractivity contribution is 0.0689. The average Bonchev–Trinajstić information content (AvgIpc) is 2.77. The highest BCUT2D eigenvalue weighted by Gasteiger charge is 2.19. The summed E-state index contributed by atoms with van der Waals surface area (Å²) < 4.78 is 1.54. The number of carboxylic acid groups (broad SMARTS) is 1. The summed E-state index contributed by atoms with van der Waals surface area (Å²) in [6.45, 7) is 3.88. The fourth-order valence-corrected chi connectivity index (χ4v) is 2.02. The molecule has 2 aromatic rings. The molecular formula is C13H14ClN3O2. The lowest BCUT2D eigenvalue weighted by Gasteiger charge is -2.07. The second kappa shape index (κ2) is 5.40. The fraction of sp³-hybridized carbons (Fsp3) is 0.308. The maximum absolute atomic E-state index is 11.1. The fourth-order valence-electron chi connectivity index (χ4n) is 1.85. The normalized spacial score (nSPS) is 10.7. The lowest BCUT2D eigenvalue weighted by Crippen LogP contribution is -2.06. The summed E-state index contributed by atoms with van der Waals surface area (Å²) >= 11 is 6.08. The number of aryl methyl sites for hydroxylation is 1. The zero-order chi connectivity index (χ0) is 14.0. The number of aromatic carboxylic acids is 1. The second-order valence-corrected chi connectivity index (χ2v) is 4.69. The molecule has 0 spiro atoms. The van der Waals surface area contributed by atoms with E-state index in [1.165, 1.54) is 4.68 Å². The largest absolute Gasteiger partial charge is 0.476 e. The molecule has 0 radical (unpaired) electrons. The molecule has 6 heteroatoms. The number of aromatic nitrogens is 3. The van der Waals surface area contributed by atoms with Gasteiger partial charge in [0, 0.05) is 5.02 Å². The van der Waals surface area contributed by atoms with E-state index in [1.54, 1.807) is 6.07 Å². The van der Waals surface area contributed by atoms with Crippen molar-refractivity contribution in [2.24, 2.45) is 0 Å². The van der Waals surface area contributed by atoms with E-state index in [4.69, 9.17) is 16.7 Å². The quantitative estimate of drug-likeness (QED) is 0.934. The smallest absolute Gasteiger partial charge is 0.358 e. The standard InChI is InChI=1S/C13H14ClN3O2/c1-3-4-11-12(13(18)19)15-16-17(11)9-6-5-8(2)10(14)7-9/h5-7H,3-4H2,1-2H3,(H,18,19). The van der Waals surface area contributed by atoms with Crippen molar-refractivity contribution in [2.75, 3.05) is 0 Å². The number of carboxylic acids is 1. The summed E-state index contributed by atoms with van der Waals surface area (Å²) in [5, 5.41) is 17.4. The highest BCUT2D eigenvalue weighted by atomic mass is 35.5. The molecule has 0 amide bonds. The monoisotopic (exact) mass is 279 g/mol. The zero-order valence-corrected chi connectivity index (χ0v) is 11.5. The lowest BCUT2D eigenvalue weighted by atomic mass is 10.2. The minimum Gasteiger partial charge on any atom is -0.476 e. The molecular weight excluding hydrogens is 266 g/mol. The third-order valence-corrected chi connectivity index (χ3v) is 3.26. The van der Waals surface area contributed by atoms with E-state index in [-0.39, 0.29) is 5.69 Å². The predicted molar refractivity (Wildman–Crippen MR) is 72.1 cm³/mol. The number of hydrogen-bond donors (Lipinski definition) is 1. The SMILES string of the molecule is CCCc1c(C(=O)O)nnn1-c1ccc(C)c(Cl)c1. The first-order chi connectivity index (χ1) is 9.04. The van der Waals surface area contributed by atoms with Crippen LogP contribution in [0.3, 0.4) is 0 Å². The van der Waals surface area contributed by atoms with E-state index in [1.807, 2.05) is 26.0 Å². The van der Waals surface area contributed by atoms with Crippen molar-refractivity contribution < 1.29 is 9.90 Å². The van der Waals surface area contributed by atoms with Crippen molar-refractivity contribution in [1.29, 1.82) is 0 Å². The first kappa shape index (κ1) is 13.5. The minimum absolute atomic E-state index is 0.00134. The molecule has 5 nitrogen and oxygen atoms in total. The van der Waals surface area contributed by atoms with Crippen LogP contribution in [-0.4, -0.2) is 26.1 Å². The molecule has 0 aliphatic rings. The summed E-state index contributed by atoms with van der Waals surface area (Å²) in [6, 6.07) is 5.48. The van der Waals surface area contributed by atoms with Gasteiger partial charge in [0.05, 0.1) is 11.4 Å². The summed E-state index contributed by atoms with van der Waals surface area (Å²) in [5.41, 5.74) is 2.27. The van der Waals surface area contributed by atoms with Gasteiger partial charge in [-0.05, 0) is 31.0 Å². The van der Waals surface area contributed by atoms with Crippen LogP contribution < -0.4 is 0 Å². The molecule has 0 saturated heterocycles. The molecule has 0 aliphatic carbocycles. The molecule has 0 fully saturated rings. The number of benzene rings is 1. The van der Waals surface area contributed by atoms with Crippen LogP contribution in [0.2, 0.25) is 5.02 Å². The highest BCUT2D eigenvalue weighted by Crippen LogP contribution is 2.21. The number of carbonyl (C=O) groups is 1. The first-order valence-corrected chi connectivity index (χ1v) is 6.36. The average molecular weight is 280 g/mol. The molecule has 1 aromatic carbocycles.